The molecule has 4 rings (SSSR count). The molecule has 0 radical (unpaired) electrons. The summed E-state index contributed by atoms with van der Waals surface area (Å²) in [5.41, 5.74) is 0.411. The summed E-state index contributed by atoms with van der Waals surface area (Å²) >= 11 is 0. The second kappa shape index (κ2) is 8.79. The Kier molecular flexibility index (Phi) is 6.04. The van der Waals surface area contributed by atoms with Crippen LogP contribution in [-0.4, -0.2) is 76.1 Å². The van der Waals surface area contributed by atoms with Crippen LogP contribution >= 0.6 is 0 Å². The molecule has 1 aliphatic heterocycles. The lowest BCUT2D eigenvalue weighted by Gasteiger charge is -2.34. The fourth-order valence-corrected chi connectivity index (χ4v) is 3.51. The first kappa shape index (κ1) is 22.7. The molecule has 1 saturated heterocycles. The molecule has 2 aromatic carbocycles. The van der Waals surface area contributed by atoms with E-state index in [4.69, 9.17) is 23.4 Å². The number of hydrogen-bond acceptors (Lipinski definition) is 10. The second-order valence-corrected chi connectivity index (χ2v) is 7.41. The number of hydrogen-bond donors (Lipinski definition) is 6. The molecule has 6 N–H and O–H groups in total. The molecule has 11 nitrogen and oxygen atoms in total. The zero-order chi connectivity index (χ0) is 23.9. The predicted octanol–water partition coefficient (Wildman–Crippen LogP) is 1.33. The summed E-state index contributed by atoms with van der Waals surface area (Å²) < 4.78 is 27.4. The minimum atomic E-state index is -1.59. The van der Waals surface area contributed by atoms with Crippen LogP contribution in [-0.2, 0) is 4.74 Å². The summed E-state index contributed by atoms with van der Waals surface area (Å²) in [5.74, 6) is -0.635. The number of aliphatic hydroxyl groups excluding tert-OH is 3. The SMILES string of the molecule is COc1cc(-c2[o+]c3cc(O)cc(O)c3cc2O[C@@H]2OC[C@H](O)[C@@H](O)[C@@H]2O)cc(OC)c1O. The molecule has 176 valence electrons. The Hall–Kier alpha value is -3.51. The van der Waals surface area contributed by atoms with Gasteiger partial charge >= 0.3 is 11.3 Å². The Morgan fingerprint density at radius 1 is 0.879 bits per heavy atom. The Labute approximate surface area is 187 Å². The molecule has 4 atom stereocenters. The molecular weight excluding hydrogens is 440 g/mol. The largest absolute Gasteiger partial charge is 0.507 e. The van der Waals surface area contributed by atoms with Crippen molar-refractivity contribution < 1.29 is 54.0 Å². The lowest BCUT2D eigenvalue weighted by atomic mass is 10.1. The summed E-state index contributed by atoms with van der Waals surface area (Å²) in [6, 6.07) is 6.66. The number of methoxy groups -OCH3 is 2. The van der Waals surface area contributed by atoms with Crippen molar-refractivity contribution >= 4 is 11.0 Å². The first-order valence-corrected chi connectivity index (χ1v) is 9.84. The van der Waals surface area contributed by atoms with E-state index < -0.39 is 24.6 Å². The molecule has 1 fully saturated rings. The third kappa shape index (κ3) is 4.14. The van der Waals surface area contributed by atoms with Gasteiger partial charge in [-0.1, -0.05) is 0 Å². The van der Waals surface area contributed by atoms with E-state index in [1.54, 1.807) is 0 Å². The molecule has 0 saturated carbocycles. The molecule has 0 spiro atoms. The maximum Gasteiger partial charge on any atom is 0.402 e. The average Bonchev–Trinajstić information content (AvgIpc) is 2.79. The Balaban J connectivity index is 1.89. The quantitative estimate of drug-likeness (QED) is 0.302. The number of aromatic hydroxyl groups is 3. The molecule has 11 heteroatoms. The van der Waals surface area contributed by atoms with Crippen LogP contribution < -0.4 is 14.2 Å². The number of aliphatic hydroxyl groups is 3. The van der Waals surface area contributed by atoms with Gasteiger partial charge in [-0.25, -0.2) is 4.42 Å². The highest BCUT2D eigenvalue weighted by atomic mass is 16.7. The molecule has 33 heavy (non-hydrogen) atoms. The van der Waals surface area contributed by atoms with Crippen molar-refractivity contribution in [3.63, 3.8) is 0 Å². The summed E-state index contributed by atoms with van der Waals surface area (Å²) in [6.07, 6.45) is -5.77. The maximum atomic E-state index is 10.3. The van der Waals surface area contributed by atoms with E-state index in [1.807, 2.05) is 0 Å². The lowest BCUT2D eigenvalue weighted by Crippen LogP contribution is -2.54. The van der Waals surface area contributed by atoms with Crippen LogP contribution in [0.25, 0.3) is 22.3 Å². The molecule has 0 bridgehead atoms. The zero-order valence-electron chi connectivity index (χ0n) is 17.6. The molecule has 0 amide bonds. The van der Waals surface area contributed by atoms with Crippen LogP contribution in [0.3, 0.4) is 0 Å². The number of rotatable bonds is 5. The Morgan fingerprint density at radius 2 is 1.55 bits per heavy atom. The van der Waals surface area contributed by atoms with Gasteiger partial charge in [-0.15, -0.1) is 0 Å². The molecule has 0 aliphatic carbocycles. The summed E-state index contributed by atoms with van der Waals surface area (Å²) in [4.78, 5) is 0. The van der Waals surface area contributed by atoms with Crippen molar-refractivity contribution in [1.29, 1.82) is 0 Å². The van der Waals surface area contributed by atoms with Gasteiger partial charge in [0.05, 0.1) is 32.5 Å². The molecule has 1 aromatic heterocycles. The summed E-state index contributed by atoms with van der Waals surface area (Å²) in [6.45, 7) is -0.289. The van der Waals surface area contributed by atoms with E-state index in [0.717, 1.165) is 6.07 Å². The van der Waals surface area contributed by atoms with Crippen LogP contribution in [0.5, 0.6) is 34.5 Å². The van der Waals surface area contributed by atoms with Gasteiger partial charge in [0, 0.05) is 24.3 Å². The highest BCUT2D eigenvalue weighted by Gasteiger charge is 2.40. The predicted molar refractivity (Wildman–Crippen MR) is 113 cm³/mol. The van der Waals surface area contributed by atoms with E-state index in [0.29, 0.717) is 5.56 Å². The van der Waals surface area contributed by atoms with E-state index in [9.17, 15) is 30.6 Å². The van der Waals surface area contributed by atoms with Gasteiger partial charge in [0.1, 0.15) is 35.2 Å². The third-order valence-corrected chi connectivity index (χ3v) is 5.26. The van der Waals surface area contributed by atoms with Crippen LogP contribution in [0.15, 0.2) is 34.7 Å². The van der Waals surface area contributed by atoms with Crippen molar-refractivity contribution in [3.8, 4) is 45.8 Å². The molecule has 2 heterocycles. The van der Waals surface area contributed by atoms with E-state index in [-0.39, 0.29) is 57.8 Å². The number of fused-ring (bicyclic) bond motifs is 1. The van der Waals surface area contributed by atoms with Gasteiger partial charge in [0.15, 0.2) is 11.5 Å². The molecule has 0 unspecified atom stereocenters. The minimum absolute atomic E-state index is 0.0223. The van der Waals surface area contributed by atoms with Crippen molar-refractivity contribution in [2.75, 3.05) is 20.8 Å². The van der Waals surface area contributed by atoms with Gasteiger partial charge in [0.2, 0.25) is 17.8 Å². The normalized spacial score (nSPS) is 22.8. The van der Waals surface area contributed by atoms with Gasteiger partial charge in [-0.3, -0.25) is 0 Å². The Bertz CT molecular complexity index is 1150. The highest BCUT2D eigenvalue weighted by molar-refractivity contribution is 5.88. The first-order chi connectivity index (χ1) is 15.7. The number of benzene rings is 2. The van der Waals surface area contributed by atoms with E-state index in [2.05, 4.69) is 0 Å². The van der Waals surface area contributed by atoms with Crippen LogP contribution in [0.1, 0.15) is 0 Å². The average molecular weight is 463 g/mol. The Morgan fingerprint density at radius 3 is 2.18 bits per heavy atom. The number of ether oxygens (including phenoxy) is 4. The zero-order valence-corrected chi connectivity index (χ0v) is 17.6. The van der Waals surface area contributed by atoms with Crippen LogP contribution in [0.2, 0.25) is 0 Å². The third-order valence-electron chi connectivity index (χ3n) is 5.26. The topological polar surface area (TPSA) is 170 Å². The van der Waals surface area contributed by atoms with E-state index in [1.165, 1.54) is 38.5 Å². The lowest BCUT2D eigenvalue weighted by molar-refractivity contribution is -0.242. The fourth-order valence-electron chi connectivity index (χ4n) is 3.51. The number of phenols is 3. The standard InChI is InChI=1S/C22H22O11/c1-29-15-3-9(4-16(30-2)19(15)27)21-17(33-22-20(28)18(26)13(25)8-31-22)7-11-12(24)5-10(23)6-14(11)32-21/h3-7,13,18,20,22,25-26,28H,8H2,1-2H3,(H2-,23,24,27)/p+1/t13-,18+,20-,22-/m0/s1. The monoisotopic (exact) mass is 463 g/mol. The van der Waals surface area contributed by atoms with Gasteiger partial charge in [-0.2, -0.15) is 0 Å². The summed E-state index contributed by atoms with van der Waals surface area (Å²) in [5, 5.41) is 60.5. The van der Waals surface area contributed by atoms with Gasteiger partial charge < -0.3 is 49.6 Å². The van der Waals surface area contributed by atoms with Crippen molar-refractivity contribution in [3.05, 3.63) is 30.3 Å². The maximum absolute atomic E-state index is 10.3. The van der Waals surface area contributed by atoms with Crippen molar-refractivity contribution in [1.82, 2.24) is 0 Å². The second-order valence-electron chi connectivity index (χ2n) is 7.41. The highest BCUT2D eigenvalue weighted by Crippen LogP contribution is 2.45. The van der Waals surface area contributed by atoms with Crippen LogP contribution in [0, 0.1) is 0 Å². The van der Waals surface area contributed by atoms with Gasteiger partial charge in [-0.05, 0) is 0 Å². The number of phenolic OH excluding ortho intramolecular Hbond substituents is 3. The molecular formula is C22H23O11+. The van der Waals surface area contributed by atoms with E-state index >= 15 is 0 Å². The smallest absolute Gasteiger partial charge is 0.402 e. The summed E-state index contributed by atoms with van der Waals surface area (Å²) in [7, 11) is 2.70. The van der Waals surface area contributed by atoms with Crippen molar-refractivity contribution in [2.45, 2.75) is 24.6 Å². The van der Waals surface area contributed by atoms with Crippen LogP contribution in [0.4, 0.5) is 0 Å². The molecule has 1 aliphatic rings. The van der Waals surface area contributed by atoms with Crippen molar-refractivity contribution in [2.24, 2.45) is 0 Å². The minimum Gasteiger partial charge on any atom is -0.507 e. The fraction of sp³-hybridized carbons (Fsp3) is 0.318. The van der Waals surface area contributed by atoms with Gasteiger partial charge in [0.25, 0.3) is 0 Å². The first-order valence-electron chi connectivity index (χ1n) is 9.84. The molecule has 3 aromatic rings.